The standard InChI is InChI=1S/C23H36N4O5/c1-15(2)21(26-16(3)4)20(29)12-18(6-5-11-25-23(24)31)22(30)27-19-9-7-17(8-10-19)13-32-14-28/h7-10,14-16,18,21,26H,5-6,11-13H2,1-4H3,(H,27,30)(H3,24,25,31)/t18-,21+/m1/s1. The van der Waals surface area contributed by atoms with E-state index in [1.165, 1.54) is 0 Å². The molecule has 1 aromatic rings. The highest BCUT2D eigenvalue weighted by atomic mass is 16.5. The van der Waals surface area contributed by atoms with Crippen molar-refractivity contribution in [2.75, 3.05) is 11.9 Å². The molecule has 0 saturated carbocycles. The molecule has 178 valence electrons. The molecular formula is C23H36N4O5. The van der Waals surface area contributed by atoms with Gasteiger partial charge in [0.05, 0.1) is 6.04 Å². The van der Waals surface area contributed by atoms with Gasteiger partial charge < -0.3 is 26.4 Å². The maximum Gasteiger partial charge on any atom is 0.312 e. The molecule has 0 radical (unpaired) electrons. The molecule has 0 heterocycles. The first kappa shape index (κ1) is 27.1. The molecule has 0 spiro atoms. The zero-order chi connectivity index (χ0) is 24.1. The minimum atomic E-state index is -0.623. The maximum atomic E-state index is 13.0. The van der Waals surface area contributed by atoms with E-state index in [0.29, 0.717) is 31.5 Å². The molecule has 0 bridgehead atoms. The summed E-state index contributed by atoms with van der Waals surface area (Å²) in [5.41, 5.74) is 6.47. The van der Waals surface area contributed by atoms with E-state index in [9.17, 15) is 19.2 Å². The lowest BCUT2D eigenvalue weighted by Gasteiger charge is -2.25. The summed E-state index contributed by atoms with van der Waals surface area (Å²) in [5, 5.41) is 8.65. The van der Waals surface area contributed by atoms with Gasteiger partial charge in [0.15, 0.2) is 5.78 Å². The van der Waals surface area contributed by atoms with Crippen molar-refractivity contribution in [2.24, 2.45) is 17.6 Å². The van der Waals surface area contributed by atoms with Crippen molar-refractivity contribution in [2.45, 2.75) is 65.6 Å². The molecule has 0 aliphatic heterocycles. The summed E-state index contributed by atoms with van der Waals surface area (Å²) in [5.74, 6) is -0.740. The molecule has 0 aromatic heterocycles. The van der Waals surface area contributed by atoms with Crippen LogP contribution >= 0.6 is 0 Å². The van der Waals surface area contributed by atoms with E-state index < -0.39 is 11.9 Å². The lowest BCUT2D eigenvalue weighted by molar-refractivity contribution is -0.129. The Labute approximate surface area is 189 Å². The summed E-state index contributed by atoms with van der Waals surface area (Å²) in [6, 6.07) is 6.10. The number of Topliss-reactive ketones (excluding diaryl/α,β-unsaturated/α-hetero) is 1. The minimum Gasteiger partial charge on any atom is -0.463 e. The molecule has 5 N–H and O–H groups in total. The van der Waals surface area contributed by atoms with Crippen LogP contribution in [0.2, 0.25) is 0 Å². The van der Waals surface area contributed by atoms with Gasteiger partial charge in [-0.3, -0.25) is 14.4 Å². The Morgan fingerprint density at radius 1 is 1.09 bits per heavy atom. The van der Waals surface area contributed by atoms with Crippen LogP contribution in [0.15, 0.2) is 24.3 Å². The van der Waals surface area contributed by atoms with Gasteiger partial charge in [-0.15, -0.1) is 0 Å². The van der Waals surface area contributed by atoms with Crippen molar-refractivity contribution < 1.29 is 23.9 Å². The van der Waals surface area contributed by atoms with E-state index in [0.717, 1.165) is 5.56 Å². The predicted molar refractivity (Wildman–Crippen MR) is 123 cm³/mol. The van der Waals surface area contributed by atoms with Crippen LogP contribution in [-0.4, -0.2) is 42.8 Å². The molecular weight excluding hydrogens is 412 g/mol. The summed E-state index contributed by atoms with van der Waals surface area (Å²) in [7, 11) is 0. The zero-order valence-corrected chi connectivity index (χ0v) is 19.4. The SMILES string of the molecule is CC(C)N[C@H](C(=O)C[C@@H](CCCNC(N)=O)C(=O)Nc1ccc(COC=O)cc1)C(C)C. The summed E-state index contributed by atoms with van der Waals surface area (Å²) in [6.07, 6.45) is 1.03. The van der Waals surface area contributed by atoms with E-state index in [4.69, 9.17) is 10.5 Å². The summed E-state index contributed by atoms with van der Waals surface area (Å²) < 4.78 is 4.71. The molecule has 9 heteroatoms. The van der Waals surface area contributed by atoms with Crippen LogP contribution in [-0.2, 0) is 25.7 Å². The number of carbonyl (C=O) groups is 4. The van der Waals surface area contributed by atoms with Gasteiger partial charge in [0.1, 0.15) is 6.61 Å². The third-order valence-corrected chi connectivity index (χ3v) is 4.91. The summed E-state index contributed by atoms with van der Waals surface area (Å²) in [6.45, 7) is 8.76. The van der Waals surface area contributed by atoms with Crippen molar-refractivity contribution in [1.82, 2.24) is 10.6 Å². The molecule has 32 heavy (non-hydrogen) atoms. The van der Waals surface area contributed by atoms with Gasteiger partial charge in [-0.25, -0.2) is 4.79 Å². The highest BCUT2D eigenvalue weighted by Crippen LogP contribution is 2.19. The second-order valence-corrected chi connectivity index (χ2v) is 8.44. The molecule has 2 atom stereocenters. The van der Waals surface area contributed by atoms with Crippen molar-refractivity contribution in [1.29, 1.82) is 0 Å². The average molecular weight is 449 g/mol. The number of benzene rings is 1. The first-order valence-corrected chi connectivity index (χ1v) is 10.9. The summed E-state index contributed by atoms with van der Waals surface area (Å²) in [4.78, 5) is 47.2. The lowest BCUT2D eigenvalue weighted by Crippen LogP contribution is -2.45. The zero-order valence-electron chi connectivity index (χ0n) is 19.4. The Balaban J connectivity index is 2.86. The number of amides is 3. The van der Waals surface area contributed by atoms with E-state index >= 15 is 0 Å². The van der Waals surface area contributed by atoms with Gasteiger partial charge in [-0.05, 0) is 36.5 Å². The van der Waals surface area contributed by atoms with Gasteiger partial charge in [-0.1, -0.05) is 39.8 Å². The Bertz CT molecular complexity index is 749. The number of ketones is 1. The van der Waals surface area contributed by atoms with E-state index in [-0.39, 0.29) is 42.7 Å². The Hall–Kier alpha value is -2.94. The van der Waals surface area contributed by atoms with Gasteiger partial charge in [0, 0.05) is 30.6 Å². The number of primary amides is 1. The van der Waals surface area contributed by atoms with E-state index in [1.807, 2.05) is 27.7 Å². The van der Waals surface area contributed by atoms with Crippen LogP contribution in [0.3, 0.4) is 0 Å². The van der Waals surface area contributed by atoms with Crippen LogP contribution in [0.1, 0.15) is 52.5 Å². The summed E-state index contributed by atoms with van der Waals surface area (Å²) >= 11 is 0. The largest absolute Gasteiger partial charge is 0.463 e. The van der Waals surface area contributed by atoms with Crippen LogP contribution in [0.5, 0.6) is 0 Å². The van der Waals surface area contributed by atoms with E-state index in [2.05, 4.69) is 16.0 Å². The van der Waals surface area contributed by atoms with Crippen molar-refractivity contribution in [3.63, 3.8) is 0 Å². The van der Waals surface area contributed by atoms with Gasteiger partial charge in [-0.2, -0.15) is 0 Å². The van der Waals surface area contributed by atoms with Crippen molar-refractivity contribution >= 4 is 29.9 Å². The van der Waals surface area contributed by atoms with E-state index in [1.54, 1.807) is 24.3 Å². The number of carbonyl (C=O) groups excluding carboxylic acids is 4. The topological polar surface area (TPSA) is 140 Å². The number of anilines is 1. The van der Waals surface area contributed by atoms with Crippen molar-refractivity contribution in [3.05, 3.63) is 29.8 Å². The van der Waals surface area contributed by atoms with Crippen LogP contribution in [0, 0.1) is 11.8 Å². The third-order valence-electron chi connectivity index (χ3n) is 4.91. The number of urea groups is 1. The second kappa shape index (κ2) is 14.2. The molecule has 9 nitrogen and oxygen atoms in total. The molecule has 1 rings (SSSR count). The second-order valence-electron chi connectivity index (χ2n) is 8.44. The average Bonchev–Trinajstić information content (AvgIpc) is 2.72. The molecule has 3 amide bonds. The fraction of sp³-hybridized carbons (Fsp3) is 0.565. The smallest absolute Gasteiger partial charge is 0.312 e. The number of ether oxygens (including phenoxy) is 1. The van der Waals surface area contributed by atoms with Crippen molar-refractivity contribution in [3.8, 4) is 0 Å². The van der Waals surface area contributed by atoms with Gasteiger partial charge in [0.2, 0.25) is 5.91 Å². The quantitative estimate of drug-likeness (QED) is 0.240. The third kappa shape index (κ3) is 10.4. The lowest BCUT2D eigenvalue weighted by atomic mass is 9.89. The van der Waals surface area contributed by atoms with Gasteiger partial charge >= 0.3 is 6.03 Å². The van der Waals surface area contributed by atoms with Crippen LogP contribution in [0.25, 0.3) is 0 Å². The molecule has 0 fully saturated rings. The Morgan fingerprint density at radius 2 is 1.75 bits per heavy atom. The normalized spacial score (nSPS) is 12.8. The number of hydrogen-bond acceptors (Lipinski definition) is 6. The first-order chi connectivity index (χ1) is 15.1. The number of hydrogen-bond donors (Lipinski definition) is 4. The molecule has 1 aromatic carbocycles. The highest BCUT2D eigenvalue weighted by molar-refractivity contribution is 5.96. The molecule has 0 aliphatic carbocycles. The first-order valence-electron chi connectivity index (χ1n) is 10.9. The van der Waals surface area contributed by atoms with Crippen LogP contribution < -0.4 is 21.7 Å². The van der Waals surface area contributed by atoms with Crippen LogP contribution in [0.4, 0.5) is 10.5 Å². The molecule has 0 aliphatic rings. The monoisotopic (exact) mass is 448 g/mol. The minimum absolute atomic E-state index is 0.0157. The number of rotatable bonds is 15. The fourth-order valence-corrected chi connectivity index (χ4v) is 3.33. The predicted octanol–water partition coefficient (Wildman–Crippen LogP) is 2.34. The fourth-order valence-electron chi connectivity index (χ4n) is 3.33. The van der Waals surface area contributed by atoms with Gasteiger partial charge in [0.25, 0.3) is 6.47 Å². The maximum absolute atomic E-state index is 13.0. The number of nitrogens with two attached hydrogens (primary N) is 1. The molecule has 0 unspecified atom stereocenters. The molecule has 0 saturated heterocycles. The highest BCUT2D eigenvalue weighted by Gasteiger charge is 2.28. The Kier molecular flexibility index (Phi) is 12.0. The number of nitrogens with one attached hydrogen (secondary N) is 3. The Morgan fingerprint density at radius 3 is 2.28 bits per heavy atom.